The van der Waals surface area contributed by atoms with Crippen LogP contribution >= 0.6 is 0 Å². The highest BCUT2D eigenvalue weighted by molar-refractivity contribution is 6.11. The second-order valence-electron chi connectivity index (χ2n) is 5.71. The summed E-state index contributed by atoms with van der Waals surface area (Å²) in [7, 11) is 0. The van der Waals surface area contributed by atoms with Gasteiger partial charge >= 0.3 is 0 Å². The van der Waals surface area contributed by atoms with Crippen LogP contribution in [0.2, 0.25) is 0 Å². The van der Waals surface area contributed by atoms with E-state index in [2.05, 4.69) is 24.3 Å². The number of rotatable bonds is 3. The molecule has 0 spiro atoms. The molecule has 0 fully saturated rings. The van der Waals surface area contributed by atoms with Crippen molar-refractivity contribution >= 4 is 21.5 Å². The van der Waals surface area contributed by atoms with E-state index in [1.54, 1.807) is 12.1 Å². The molecule has 0 amide bonds. The molecule has 0 heterocycles. The molecule has 0 unspecified atom stereocenters. The van der Waals surface area contributed by atoms with Crippen LogP contribution in [-0.4, -0.2) is 0 Å². The summed E-state index contributed by atoms with van der Waals surface area (Å²) in [6.07, 6.45) is 0.637. The third-order valence-electron chi connectivity index (χ3n) is 4.33. The fourth-order valence-electron chi connectivity index (χ4n) is 3.26. The van der Waals surface area contributed by atoms with Crippen molar-refractivity contribution < 1.29 is 0 Å². The normalized spacial score (nSPS) is 9.92. The van der Waals surface area contributed by atoms with Crippen LogP contribution in [0.5, 0.6) is 0 Å². The standard InChI is InChI=1S/C21H12N4/c22-8-5-14-1-3-16-17-4-2-15(13-25)12-21(17)19(7-10-24)18(6-9-23)20(16)11-14/h1-4,11-12H,5-7H2. The van der Waals surface area contributed by atoms with E-state index in [-0.39, 0.29) is 12.8 Å². The van der Waals surface area contributed by atoms with Gasteiger partial charge in [0.2, 0.25) is 0 Å². The highest BCUT2D eigenvalue weighted by Crippen LogP contribution is 2.35. The van der Waals surface area contributed by atoms with Gasteiger partial charge in [0.25, 0.3) is 0 Å². The van der Waals surface area contributed by atoms with Crippen molar-refractivity contribution in [1.29, 1.82) is 21.0 Å². The van der Waals surface area contributed by atoms with Gasteiger partial charge in [-0.2, -0.15) is 21.0 Å². The van der Waals surface area contributed by atoms with Crippen LogP contribution in [0.1, 0.15) is 22.3 Å². The topological polar surface area (TPSA) is 95.2 Å². The fourth-order valence-corrected chi connectivity index (χ4v) is 3.26. The number of nitriles is 4. The Balaban J connectivity index is 2.52. The van der Waals surface area contributed by atoms with E-state index < -0.39 is 0 Å². The molecule has 3 aromatic rings. The largest absolute Gasteiger partial charge is 0.198 e. The lowest BCUT2D eigenvalue weighted by Gasteiger charge is -2.15. The Kier molecular flexibility index (Phi) is 4.30. The van der Waals surface area contributed by atoms with Gasteiger partial charge in [0.05, 0.1) is 49.1 Å². The molecule has 4 heteroatoms. The number of hydrogen-bond donors (Lipinski definition) is 0. The van der Waals surface area contributed by atoms with E-state index in [0.717, 1.165) is 38.2 Å². The Morgan fingerprint density at radius 3 is 1.72 bits per heavy atom. The molecule has 4 nitrogen and oxygen atoms in total. The Morgan fingerprint density at radius 1 is 0.600 bits per heavy atom. The molecule has 0 bridgehead atoms. The molecule has 3 aromatic carbocycles. The summed E-state index contributed by atoms with van der Waals surface area (Å²) in [6, 6.07) is 19.8. The third kappa shape index (κ3) is 2.74. The smallest absolute Gasteiger partial charge is 0.0991 e. The fraction of sp³-hybridized carbons (Fsp3) is 0.143. The summed E-state index contributed by atoms with van der Waals surface area (Å²) >= 11 is 0. The number of nitrogens with zero attached hydrogens (tertiary/aromatic N) is 4. The Labute approximate surface area is 145 Å². The maximum Gasteiger partial charge on any atom is 0.0991 e. The first-order valence-corrected chi connectivity index (χ1v) is 7.74. The zero-order valence-electron chi connectivity index (χ0n) is 13.4. The van der Waals surface area contributed by atoms with Crippen LogP contribution in [0.3, 0.4) is 0 Å². The summed E-state index contributed by atoms with van der Waals surface area (Å²) in [5.41, 5.74) is 3.00. The zero-order chi connectivity index (χ0) is 17.8. The SMILES string of the molecule is N#CCc1ccc2c(c1)c(CC#N)c(CC#N)c1cc(C#N)ccc12. The van der Waals surface area contributed by atoms with Crippen molar-refractivity contribution in [2.24, 2.45) is 0 Å². The highest BCUT2D eigenvalue weighted by Gasteiger charge is 2.15. The lowest BCUT2D eigenvalue weighted by molar-refractivity contribution is 1.19. The van der Waals surface area contributed by atoms with Gasteiger partial charge in [0.1, 0.15) is 0 Å². The summed E-state index contributed by atoms with van der Waals surface area (Å²) in [5.74, 6) is 0. The Hall–Kier alpha value is -3.86. The van der Waals surface area contributed by atoms with Gasteiger partial charge in [-0.15, -0.1) is 0 Å². The molecule has 0 saturated carbocycles. The maximum absolute atomic E-state index is 9.28. The molecule has 0 atom stereocenters. The lowest BCUT2D eigenvalue weighted by atomic mass is 9.87. The average Bonchev–Trinajstić information content (AvgIpc) is 2.64. The molecular weight excluding hydrogens is 308 g/mol. The van der Waals surface area contributed by atoms with E-state index in [9.17, 15) is 15.8 Å². The van der Waals surface area contributed by atoms with Gasteiger partial charge < -0.3 is 0 Å². The van der Waals surface area contributed by atoms with Gasteiger partial charge in [0, 0.05) is 0 Å². The van der Waals surface area contributed by atoms with Gasteiger partial charge in [-0.25, -0.2) is 0 Å². The molecular formula is C21H12N4. The zero-order valence-corrected chi connectivity index (χ0v) is 13.4. The van der Waals surface area contributed by atoms with Crippen molar-refractivity contribution in [3.8, 4) is 24.3 Å². The van der Waals surface area contributed by atoms with E-state index in [1.807, 2.05) is 24.3 Å². The molecule has 3 rings (SSSR count). The Morgan fingerprint density at radius 2 is 1.16 bits per heavy atom. The summed E-state index contributed by atoms with van der Waals surface area (Å²) in [6.45, 7) is 0. The highest BCUT2D eigenvalue weighted by atomic mass is 14.3. The van der Waals surface area contributed by atoms with Crippen LogP contribution < -0.4 is 0 Å². The minimum atomic E-state index is 0.167. The van der Waals surface area contributed by atoms with Crippen molar-refractivity contribution in [1.82, 2.24) is 0 Å². The molecule has 0 aromatic heterocycles. The molecule has 0 aliphatic rings. The predicted molar refractivity (Wildman–Crippen MR) is 94.1 cm³/mol. The maximum atomic E-state index is 9.28. The van der Waals surface area contributed by atoms with Crippen molar-refractivity contribution in [3.05, 3.63) is 58.7 Å². The first kappa shape index (κ1) is 16.0. The monoisotopic (exact) mass is 320 g/mol. The van der Waals surface area contributed by atoms with E-state index in [0.29, 0.717) is 12.0 Å². The van der Waals surface area contributed by atoms with Crippen molar-refractivity contribution in [2.45, 2.75) is 19.3 Å². The second kappa shape index (κ2) is 6.72. The minimum Gasteiger partial charge on any atom is -0.198 e. The average molecular weight is 320 g/mol. The van der Waals surface area contributed by atoms with Crippen LogP contribution in [0.15, 0.2) is 36.4 Å². The molecule has 0 radical (unpaired) electrons. The lowest BCUT2D eigenvalue weighted by Crippen LogP contribution is -1.98. The van der Waals surface area contributed by atoms with Crippen molar-refractivity contribution in [2.75, 3.05) is 0 Å². The Bertz CT molecular complexity index is 1160. The van der Waals surface area contributed by atoms with E-state index >= 15 is 0 Å². The van der Waals surface area contributed by atoms with Crippen LogP contribution in [-0.2, 0) is 19.3 Å². The van der Waals surface area contributed by atoms with E-state index in [1.165, 1.54) is 0 Å². The number of benzene rings is 3. The van der Waals surface area contributed by atoms with Crippen molar-refractivity contribution in [3.63, 3.8) is 0 Å². The molecule has 0 aliphatic carbocycles. The first-order valence-electron chi connectivity index (χ1n) is 7.74. The molecule has 25 heavy (non-hydrogen) atoms. The number of hydrogen-bond acceptors (Lipinski definition) is 4. The van der Waals surface area contributed by atoms with Gasteiger partial charge in [0.15, 0.2) is 0 Å². The molecule has 0 aliphatic heterocycles. The number of fused-ring (bicyclic) bond motifs is 3. The van der Waals surface area contributed by atoms with Gasteiger partial charge in [-0.05, 0) is 56.4 Å². The quantitative estimate of drug-likeness (QED) is 0.680. The summed E-state index contributed by atoms with van der Waals surface area (Å²) in [5, 5.41) is 40.4. The van der Waals surface area contributed by atoms with Gasteiger partial charge in [-0.3, -0.25) is 0 Å². The van der Waals surface area contributed by atoms with E-state index in [4.69, 9.17) is 5.26 Å². The van der Waals surface area contributed by atoms with Crippen LogP contribution in [0, 0.1) is 45.3 Å². The summed E-state index contributed by atoms with van der Waals surface area (Å²) in [4.78, 5) is 0. The molecule has 0 saturated heterocycles. The third-order valence-corrected chi connectivity index (χ3v) is 4.33. The second-order valence-corrected chi connectivity index (χ2v) is 5.71. The first-order chi connectivity index (χ1) is 12.2. The molecule has 0 N–H and O–H groups in total. The predicted octanol–water partition coefficient (Wildman–Crippen LogP) is 4.06. The van der Waals surface area contributed by atoms with Crippen LogP contribution in [0.4, 0.5) is 0 Å². The summed E-state index contributed by atoms with van der Waals surface area (Å²) < 4.78 is 0. The van der Waals surface area contributed by atoms with Crippen LogP contribution in [0.25, 0.3) is 21.5 Å². The van der Waals surface area contributed by atoms with Gasteiger partial charge in [-0.1, -0.05) is 18.2 Å². The molecule has 116 valence electrons. The minimum absolute atomic E-state index is 0.167.